The molecule has 92 valence electrons. The molecule has 3 rings (SSSR count). The van der Waals surface area contributed by atoms with E-state index in [9.17, 15) is 5.11 Å². The van der Waals surface area contributed by atoms with Crippen LogP contribution >= 0.6 is 0 Å². The van der Waals surface area contributed by atoms with E-state index in [1.54, 1.807) is 0 Å². The van der Waals surface area contributed by atoms with Gasteiger partial charge in [0, 0.05) is 11.3 Å². The van der Waals surface area contributed by atoms with Gasteiger partial charge in [-0.3, -0.25) is 4.98 Å². The molecule has 0 fully saturated rings. The van der Waals surface area contributed by atoms with Crippen LogP contribution in [0.2, 0.25) is 0 Å². The molecular formula is C16H17NO. The van der Waals surface area contributed by atoms with Crippen molar-refractivity contribution in [1.82, 2.24) is 4.98 Å². The van der Waals surface area contributed by atoms with E-state index in [0.717, 1.165) is 30.7 Å². The summed E-state index contributed by atoms with van der Waals surface area (Å²) in [7, 11) is 0. The quantitative estimate of drug-likeness (QED) is 0.827. The van der Waals surface area contributed by atoms with Crippen LogP contribution in [0.15, 0.2) is 36.4 Å². The molecule has 1 heterocycles. The van der Waals surface area contributed by atoms with Crippen LogP contribution < -0.4 is 0 Å². The number of hydrogen-bond donors (Lipinski definition) is 1. The molecule has 1 aliphatic rings. The fraction of sp³-hybridized carbons (Fsp3) is 0.312. The molecule has 1 unspecified atom stereocenters. The first kappa shape index (κ1) is 11.4. The Kier molecular flexibility index (Phi) is 2.88. The largest absolute Gasteiger partial charge is 0.387 e. The first-order valence-corrected chi connectivity index (χ1v) is 6.49. The summed E-state index contributed by atoms with van der Waals surface area (Å²) in [6, 6.07) is 12.5. The Morgan fingerprint density at radius 2 is 2.00 bits per heavy atom. The van der Waals surface area contributed by atoms with Gasteiger partial charge in [0.2, 0.25) is 0 Å². The Labute approximate surface area is 107 Å². The molecule has 1 aromatic carbocycles. The molecule has 0 bridgehead atoms. The molecule has 0 saturated heterocycles. The first-order chi connectivity index (χ1) is 8.75. The second kappa shape index (κ2) is 4.54. The maximum absolute atomic E-state index is 9.98. The van der Waals surface area contributed by atoms with Gasteiger partial charge >= 0.3 is 0 Å². The maximum Gasteiger partial charge on any atom is 0.0962 e. The minimum atomic E-state index is -0.378. The highest BCUT2D eigenvalue weighted by atomic mass is 16.3. The summed E-state index contributed by atoms with van der Waals surface area (Å²) in [5, 5.41) is 9.98. The van der Waals surface area contributed by atoms with Gasteiger partial charge in [0.1, 0.15) is 0 Å². The lowest BCUT2D eigenvalue weighted by molar-refractivity contribution is 0.151. The van der Waals surface area contributed by atoms with Crippen molar-refractivity contribution in [3.8, 4) is 11.1 Å². The van der Waals surface area contributed by atoms with Crippen molar-refractivity contribution in [3.63, 3.8) is 0 Å². The van der Waals surface area contributed by atoms with Crippen molar-refractivity contribution >= 4 is 0 Å². The number of aliphatic hydroxyl groups excluding tert-OH is 1. The van der Waals surface area contributed by atoms with Crippen molar-refractivity contribution in [2.24, 2.45) is 0 Å². The number of rotatable bonds is 1. The number of aliphatic hydroxyl groups is 1. The normalized spacial score (nSPS) is 18.4. The number of fused-ring (bicyclic) bond motifs is 1. The highest BCUT2D eigenvalue weighted by molar-refractivity contribution is 5.66. The molecule has 0 saturated carbocycles. The van der Waals surface area contributed by atoms with Crippen molar-refractivity contribution in [1.29, 1.82) is 0 Å². The SMILES string of the molecule is Cc1nc2c(cc1-c1ccccc1)CCCC2O. The van der Waals surface area contributed by atoms with Gasteiger partial charge in [0.25, 0.3) is 0 Å². The molecule has 2 nitrogen and oxygen atoms in total. The topological polar surface area (TPSA) is 33.1 Å². The predicted octanol–water partition coefficient (Wildman–Crippen LogP) is 3.43. The highest BCUT2D eigenvalue weighted by Gasteiger charge is 2.21. The molecule has 1 atom stereocenters. The predicted molar refractivity (Wildman–Crippen MR) is 72.3 cm³/mol. The van der Waals surface area contributed by atoms with Crippen LogP contribution in [-0.4, -0.2) is 10.1 Å². The third-order valence-electron chi connectivity index (χ3n) is 3.65. The Morgan fingerprint density at radius 1 is 1.22 bits per heavy atom. The number of aryl methyl sites for hydroxylation is 2. The van der Waals surface area contributed by atoms with Gasteiger partial charge in [-0.2, -0.15) is 0 Å². The van der Waals surface area contributed by atoms with E-state index in [-0.39, 0.29) is 6.10 Å². The molecule has 0 radical (unpaired) electrons. The van der Waals surface area contributed by atoms with E-state index in [4.69, 9.17) is 0 Å². The van der Waals surface area contributed by atoms with Crippen molar-refractivity contribution in [2.45, 2.75) is 32.3 Å². The van der Waals surface area contributed by atoms with Gasteiger partial charge in [-0.15, -0.1) is 0 Å². The molecule has 2 aromatic rings. The summed E-state index contributed by atoms with van der Waals surface area (Å²) in [5.74, 6) is 0. The standard InChI is InChI=1S/C16H17NO/c1-11-14(12-6-3-2-4-7-12)10-13-8-5-9-15(18)16(13)17-11/h2-4,6-7,10,15,18H,5,8-9H2,1H3. The molecule has 0 aliphatic heterocycles. The average molecular weight is 239 g/mol. The van der Waals surface area contributed by atoms with Gasteiger partial charge in [-0.1, -0.05) is 30.3 Å². The van der Waals surface area contributed by atoms with E-state index in [1.165, 1.54) is 16.7 Å². The molecular weight excluding hydrogens is 222 g/mol. The fourth-order valence-corrected chi connectivity index (χ4v) is 2.69. The molecule has 2 heteroatoms. The molecule has 0 spiro atoms. The summed E-state index contributed by atoms with van der Waals surface area (Å²) in [6.45, 7) is 2.02. The lowest BCUT2D eigenvalue weighted by Crippen LogP contribution is -2.12. The second-order valence-corrected chi connectivity index (χ2v) is 4.94. The molecule has 1 aliphatic carbocycles. The molecule has 18 heavy (non-hydrogen) atoms. The zero-order chi connectivity index (χ0) is 12.5. The zero-order valence-corrected chi connectivity index (χ0v) is 10.6. The zero-order valence-electron chi connectivity index (χ0n) is 10.6. The Balaban J connectivity index is 2.13. The third kappa shape index (κ3) is 1.93. The van der Waals surface area contributed by atoms with Crippen LogP contribution in [0.1, 0.15) is 35.9 Å². The van der Waals surface area contributed by atoms with E-state index < -0.39 is 0 Å². The van der Waals surface area contributed by atoms with Crippen molar-refractivity contribution in [2.75, 3.05) is 0 Å². The number of hydrogen-bond acceptors (Lipinski definition) is 2. The van der Waals surface area contributed by atoms with Gasteiger partial charge in [0.05, 0.1) is 11.8 Å². The van der Waals surface area contributed by atoms with Crippen molar-refractivity contribution in [3.05, 3.63) is 53.3 Å². The Bertz CT molecular complexity index is 563. The van der Waals surface area contributed by atoms with Gasteiger partial charge in [-0.25, -0.2) is 0 Å². The minimum Gasteiger partial charge on any atom is -0.387 e. The summed E-state index contributed by atoms with van der Waals surface area (Å²) in [4.78, 5) is 4.62. The molecule has 0 amide bonds. The number of benzene rings is 1. The van der Waals surface area contributed by atoms with Gasteiger partial charge in [0.15, 0.2) is 0 Å². The monoisotopic (exact) mass is 239 g/mol. The molecule has 1 N–H and O–H groups in total. The van der Waals surface area contributed by atoms with E-state index >= 15 is 0 Å². The van der Waals surface area contributed by atoms with Crippen molar-refractivity contribution < 1.29 is 5.11 Å². The van der Waals surface area contributed by atoms with Gasteiger partial charge < -0.3 is 5.11 Å². The van der Waals surface area contributed by atoms with E-state index in [2.05, 4.69) is 23.2 Å². The summed E-state index contributed by atoms with van der Waals surface area (Å²) in [6.07, 6.45) is 2.54. The van der Waals surface area contributed by atoms with Gasteiger partial charge in [-0.05, 0) is 43.4 Å². The Morgan fingerprint density at radius 3 is 2.78 bits per heavy atom. The number of aromatic nitrogens is 1. The smallest absolute Gasteiger partial charge is 0.0962 e. The van der Waals surface area contributed by atoms with Crippen LogP contribution in [0.25, 0.3) is 11.1 Å². The highest BCUT2D eigenvalue weighted by Crippen LogP contribution is 2.32. The second-order valence-electron chi connectivity index (χ2n) is 4.94. The number of pyridine rings is 1. The van der Waals surface area contributed by atoms with Crippen LogP contribution in [0, 0.1) is 6.92 Å². The summed E-state index contributed by atoms with van der Waals surface area (Å²) in [5.41, 5.74) is 5.48. The summed E-state index contributed by atoms with van der Waals surface area (Å²) >= 11 is 0. The first-order valence-electron chi connectivity index (χ1n) is 6.49. The van der Waals surface area contributed by atoms with Crippen LogP contribution in [0.3, 0.4) is 0 Å². The Hall–Kier alpha value is -1.67. The van der Waals surface area contributed by atoms with Crippen LogP contribution in [0.4, 0.5) is 0 Å². The number of nitrogens with zero attached hydrogens (tertiary/aromatic N) is 1. The maximum atomic E-state index is 9.98. The lowest BCUT2D eigenvalue weighted by Gasteiger charge is -2.22. The average Bonchev–Trinajstić information content (AvgIpc) is 2.40. The fourth-order valence-electron chi connectivity index (χ4n) is 2.69. The van der Waals surface area contributed by atoms with Crippen LogP contribution in [-0.2, 0) is 6.42 Å². The summed E-state index contributed by atoms with van der Waals surface area (Å²) < 4.78 is 0. The minimum absolute atomic E-state index is 0.378. The van der Waals surface area contributed by atoms with E-state index in [0.29, 0.717) is 0 Å². The van der Waals surface area contributed by atoms with E-state index in [1.807, 2.05) is 25.1 Å². The molecule has 1 aromatic heterocycles. The lowest BCUT2D eigenvalue weighted by atomic mass is 9.90. The third-order valence-corrected chi connectivity index (χ3v) is 3.65. The van der Waals surface area contributed by atoms with Crippen LogP contribution in [0.5, 0.6) is 0 Å².